The van der Waals surface area contributed by atoms with E-state index in [0.717, 1.165) is 92.6 Å². The summed E-state index contributed by atoms with van der Waals surface area (Å²) in [5.74, 6) is 0.653. The third-order valence-electron chi connectivity index (χ3n) is 16.0. The Hall–Kier alpha value is -7.04. The molecule has 0 saturated heterocycles. The molecule has 0 unspecified atom stereocenters. The number of para-hydroxylation sites is 1. The van der Waals surface area contributed by atoms with E-state index in [1.165, 1.54) is 11.1 Å². The number of phenolic OH excluding ortho intramolecular Hbond substituents is 1. The Morgan fingerprint density at radius 1 is 0.556 bits per heavy atom. The quantitative estimate of drug-likeness (QED) is 0.111. The molecule has 0 bridgehead atoms. The van der Waals surface area contributed by atoms with Gasteiger partial charge in [0.15, 0.2) is 0 Å². The predicted octanol–water partition coefficient (Wildman–Crippen LogP) is 19.1. The summed E-state index contributed by atoms with van der Waals surface area (Å²) in [6, 6.07) is 50.4. The van der Waals surface area contributed by atoms with E-state index in [-0.39, 0.29) is 39.5 Å². The average Bonchev–Trinajstić information content (AvgIpc) is 3.85. The van der Waals surface area contributed by atoms with Gasteiger partial charge < -0.3 is 5.11 Å². The van der Waals surface area contributed by atoms with Crippen molar-refractivity contribution in [3.8, 4) is 78.6 Å². The SMILES string of the molecule is [2H]C([2H])([2H])c1ccc(-c2ccnc(-c3cc(-c4ccccc4)cc(-c4cccc5c4nc(-c4cc(C(C)C)cc(C(C)C)c4O)n5-c4ccc(-c5c(C(C)(CC)CC)cccc5C(C)(CC)CC)cc4C([2H])([2H])[2H])c3)c2)cc1. The molecule has 2 heterocycles. The summed E-state index contributed by atoms with van der Waals surface area (Å²) in [7, 11) is 0. The van der Waals surface area contributed by atoms with Crippen molar-refractivity contribution in [3.05, 3.63) is 191 Å². The van der Waals surface area contributed by atoms with Crippen LogP contribution in [0.5, 0.6) is 5.75 Å². The van der Waals surface area contributed by atoms with Gasteiger partial charge in [-0.2, -0.15) is 0 Å². The Kier molecular flexibility index (Phi) is 12.0. The molecule has 0 aliphatic carbocycles. The first-order valence-corrected chi connectivity index (χ1v) is 26.0. The summed E-state index contributed by atoms with van der Waals surface area (Å²) < 4.78 is 53.9. The maximum Gasteiger partial charge on any atom is 0.149 e. The van der Waals surface area contributed by atoms with Crippen molar-refractivity contribution < 1.29 is 13.3 Å². The fourth-order valence-electron chi connectivity index (χ4n) is 10.6. The highest BCUT2D eigenvalue weighted by molar-refractivity contribution is 5.98. The second kappa shape index (κ2) is 20.2. The number of hydrogen-bond donors (Lipinski definition) is 1. The van der Waals surface area contributed by atoms with Gasteiger partial charge in [0.2, 0.25) is 0 Å². The lowest BCUT2D eigenvalue weighted by Crippen LogP contribution is -2.25. The third-order valence-corrected chi connectivity index (χ3v) is 16.0. The number of aryl methyl sites for hydroxylation is 2. The third kappa shape index (κ3) is 9.21. The molecule has 1 N–H and O–H groups in total. The van der Waals surface area contributed by atoms with Gasteiger partial charge in [0, 0.05) is 25.5 Å². The number of hydrogen-bond acceptors (Lipinski definition) is 3. The number of rotatable bonds is 15. The Morgan fingerprint density at radius 3 is 1.83 bits per heavy atom. The molecule has 0 saturated carbocycles. The highest BCUT2D eigenvalue weighted by Gasteiger charge is 2.33. The molecule has 9 aromatic rings. The zero-order valence-electron chi connectivity index (χ0n) is 49.8. The molecule has 7 aromatic carbocycles. The molecule has 72 heavy (non-hydrogen) atoms. The van der Waals surface area contributed by atoms with E-state index in [1.54, 1.807) is 18.3 Å². The van der Waals surface area contributed by atoms with Crippen molar-refractivity contribution in [2.45, 2.75) is 131 Å². The van der Waals surface area contributed by atoms with Crippen molar-refractivity contribution in [3.63, 3.8) is 0 Å². The van der Waals surface area contributed by atoms with E-state index in [4.69, 9.17) is 14.1 Å². The van der Waals surface area contributed by atoms with Crippen molar-refractivity contribution in [2.24, 2.45) is 0 Å². The largest absolute Gasteiger partial charge is 0.507 e. The summed E-state index contributed by atoms with van der Waals surface area (Å²) in [6.07, 6.45) is 5.47. The lowest BCUT2D eigenvalue weighted by atomic mass is 9.68. The molecule has 0 amide bonds. The van der Waals surface area contributed by atoms with Crippen LogP contribution in [0, 0.1) is 13.7 Å². The Labute approximate surface area is 438 Å². The van der Waals surface area contributed by atoms with Gasteiger partial charge in [-0.15, -0.1) is 0 Å². The minimum Gasteiger partial charge on any atom is -0.507 e. The number of imidazole rings is 1. The second-order valence-corrected chi connectivity index (χ2v) is 20.9. The van der Waals surface area contributed by atoms with Crippen LogP contribution in [0.15, 0.2) is 158 Å². The maximum absolute atomic E-state index is 12.5. The number of fused-ring (bicyclic) bond motifs is 1. The molecule has 366 valence electrons. The zero-order chi connectivity index (χ0) is 56.1. The van der Waals surface area contributed by atoms with Gasteiger partial charge in [0.1, 0.15) is 11.6 Å². The minimum atomic E-state index is -2.56. The molecule has 0 aliphatic rings. The Balaban J connectivity index is 1.34. The monoisotopic (exact) mass is 954 g/mol. The van der Waals surface area contributed by atoms with Gasteiger partial charge in [0.25, 0.3) is 0 Å². The van der Waals surface area contributed by atoms with Crippen molar-refractivity contribution in [2.75, 3.05) is 0 Å². The first-order chi connectivity index (χ1) is 37.0. The summed E-state index contributed by atoms with van der Waals surface area (Å²) >= 11 is 0. The molecule has 0 aliphatic heterocycles. The fraction of sp³-hybridized carbons (Fsp3) is 0.294. The molecule has 0 atom stereocenters. The van der Waals surface area contributed by atoms with Gasteiger partial charge in [-0.25, -0.2) is 4.98 Å². The number of pyridine rings is 1. The number of benzene rings is 7. The van der Waals surface area contributed by atoms with Crippen LogP contribution in [0.4, 0.5) is 0 Å². The molecular weight excluding hydrogens is 875 g/mol. The first kappa shape index (κ1) is 42.6. The van der Waals surface area contributed by atoms with E-state index in [1.807, 2.05) is 77.4 Å². The predicted molar refractivity (Wildman–Crippen MR) is 307 cm³/mol. The number of aromatic hydroxyl groups is 1. The Morgan fingerprint density at radius 2 is 1.19 bits per heavy atom. The van der Waals surface area contributed by atoms with Crippen LogP contribution in [0.3, 0.4) is 0 Å². The lowest BCUT2D eigenvalue weighted by molar-refractivity contribution is 0.426. The average molecular weight is 954 g/mol. The van der Waals surface area contributed by atoms with Gasteiger partial charge in [-0.3, -0.25) is 9.55 Å². The summed E-state index contributed by atoms with van der Waals surface area (Å²) in [6.45, 7) is 17.3. The van der Waals surface area contributed by atoms with Crippen LogP contribution in [-0.2, 0) is 10.8 Å². The molecule has 9 rings (SSSR count). The molecule has 0 spiro atoms. The van der Waals surface area contributed by atoms with Crippen LogP contribution >= 0.6 is 0 Å². The molecule has 0 fully saturated rings. The second-order valence-electron chi connectivity index (χ2n) is 20.9. The van der Waals surface area contributed by atoms with Crippen LogP contribution in [0.2, 0.25) is 0 Å². The number of aromatic nitrogens is 3. The van der Waals surface area contributed by atoms with Gasteiger partial charge in [-0.05, 0) is 183 Å². The first-order valence-electron chi connectivity index (χ1n) is 29.0. The number of phenols is 1. The van der Waals surface area contributed by atoms with Gasteiger partial charge in [-0.1, -0.05) is 172 Å². The summed E-state index contributed by atoms with van der Waals surface area (Å²) in [5.41, 5.74) is 15.7. The fourth-order valence-corrected chi connectivity index (χ4v) is 10.6. The topological polar surface area (TPSA) is 50.9 Å². The van der Waals surface area contributed by atoms with Crippen molar-refractivity contribution >= 4 is 11.0 Å². The normalized spacial score (nSPS) is 13.7. The Bertz CT molecular complexity index is 3600. The smallest absolute Gasteiger partial charge is 0.149 e. The van der Waals surface area contributed by atoms with Crippen LogP contribution < -0.4 is 0 Å². The molecular formula is C68H73N3O. The highest BCUT2D eigenvalue weighted by atomic mass is 16.3. The molecule has 4 nitrogen and oxygen atoms in total. The highest BCUT2D eigenvalue weighted by Crippen LogP contribution is 2.48. The van der Waals surface area contributed by atoms with Gasteiger partial charge >= 0.3 is 0 Å². The summed E-state index contributed by atoms with van der Waals surface area (Å²) in [5, 5.41) is 12.5. The van der Waals surface area contributed by atoms with Crippen LogP contribution in [0.1, 0.15) is 148 Å². The van der Waals surface area contributed by atoms with E-state index in [2.05, 4.69) is 136 Å². The molecule has 2 aromatic heterocycles. The van der Waals surface area contributed by atoms with Crippen LogP contribution in [0.25, 0.3) is 83.9 Å². The van der Waals surface area contributed by atoms with E-state index in [9.17, 15) is 9.22 Å². The standard InChI is InChI=1S/C68H73N3O/c1-13-67(11,14-2)58-25-21-26-59(68(12,15-3)16-4)63(58)50-32-33-61(46(10)36-50)71-62-27-20-24-55(64(62)70-66(71)57-41-51(43(5)6)40-56(44(7)8)65(57)72)53-37-52(47-22-18-17-19-23-47)38-54(39-53)60-42-49(34-35-69-60)48-30-28-45(9)29-31-48/h17-44,72H,13-16H2,1-12H3/i9D3,10D3. The molecule has 0 radical (unpaired) electrons. The number of nitrogens with zero attached hydrogens (tertiary/aromatic N) is 3. The van der Waals surface area contributed by atoms with Gasteiger partial charge in [0.05, 0.1) is 28.0 Å². The summed E-state index contributed by atoms with van der Waals surface area (Å²) in [4.78, 5) is 10.5. The zero-order valence-corrected chi connectivity index (χ0v) is 43.8. The van der Waals surface area contributed by atoms with E-state index < -0.39 is 13.7 Å². The van der Waals surface area contributed by atoms with Crippen molar-refractivity contribution in [1.29, 1.82) is 0 Å². The lowest BCUT2D eigenvalue weighted by Gasteiger charge is -2.36. The van der Waals surface area contributed by atoms with Crippen LogP contribution in [-0.4, -0.2) is 19.6 Å². The molecule has 4 heteroatoms. The van der Waals surface area contributed by atoms with E-state index in [0.29, 0.717) is 28.1 Å². The van der Waals surface area contributed by atoms with Crippen molar-refractivity contribution in [1.82, 2.24) is 14.5 Å². The maximum atomic E-state index is 12.5. The minimum absolute atomic E-state index is 0.0176. The van der Waals surface area contributed by atoms with E-state index >= 15 is 0 Å².